The summed E-state index contributed by atoms with van der Waals surface area (Å²) in [7, 11) is -3.58. The van der Waals surface area contributed by atoms with Gasteiger partial charge in [0.25, 0.3) is 10.0 Å². The maximum Gasteiger partial charge on any atom is 0.253 e. The van der Waals surface area contributed by atoms with Gasteiger partial charge in [0.2, 0.25) is 0 Å². The number of benzene rings is 2. The van der Waals surface area contributed by atoms with Gasteiger partial charge in [-0.3, -0.25) is 4.79 Å². The minimum Gasteiger partial charge on any atom is -0.494 e. The van der Waals surface area contributed by atoms with Crippen molar-refractivity contribution in [1.29, 1.82) is 0 Å². The Balaban J connectivity index is 1.25. The predicted octanol–water partition coefficient (Wildman–Crippen LogP) is 4.10. The lowest BCUT2D eigenvalue weighted by atomic mass is 10.1. The van der Waals surface area contributed by atoms with Crippen molar-refractivity contribution in [3.8, 4) is 5.75 Å². The molecule has 31 heavy (non-hydrogen) atoms. The van der Waals surface area contributed by atoms with Crippen LogP contribution in [-0.2, 0) is 10.0 Å². The van der Waals surface area contributed by atoms with Crippen LogP contribution in [0.5, 0.6) is 5.75 Å². The fourth-order valence-corrected chi connectivity index (χ4v) is 5.52. The molecule has 2 aromatic rings. The Labute approximate surface area is 184 Å². The molecule has 0 radical (unpaired) electrons. The van der Waals surface area contributed by atoms with E-state index < -0.39 is 10.0 Å². The normalized spacial score (nSPS) is 19.5. The van der Waals surface area contributed by atoms with E-state index in [-0.39, 0.29) is 17.7 Å². The highest BCUT2D eigenvalue weighted by atomic mass is 32.2. The fraction of sp³-hybridized carbons (Fsp3) is 0.458. The summed E-state index contributed by atoms with van der Waals surface area (Å²) in [5.41, 5.74) is 1.50. The molecule has 0 bridgehead atoms. The van der Waals surface area contributed by atoms with Crippen molar-refractivity contribution in [3.63, 3.8) is 0 Å². The Hall–Kier alpha value is -2.22. The van der Waals surface area contributed by atoms with Gasteiger partial charge in [-0.2, -0.15) is 0 Å². The van der Waals surface area contributed by atoms with E-state index in [1.807, 2.05) is 48.3 Å². The van der Waals surface area contributed by atoms with Gasteiger partial charge in [0, 0.05) is 24.1 Å². The molecule has 6 nitrogen and oxygen atoms in total. The lowest BCUT2D eigenvalue weighted by molar-refractivity contribution is 0.0967. The van der Waals surface area contributed by atoms with Crippen molar-refractivity contribution in [2.75, 3.05) is 13.2 Å². The Morgan fingerprint density at radius 1 is 1.10 bits per heavy atom. The molecule has 0 spiro atoms. The van der Waals surface area contributed by atoms with Crippen LogP contribution in [0.3, 0.4) is 0 Å². The molecule has 2 fully saturated rings. The summed E-state index contributed by atoms with van der Waals surface area (Å²) in [6.07, 6.45) is 5.64. The third kappa shape index (κ3) is 5.53. The summed E-state index contributed by atoms with van der Waals surface area (Å²) in [4.78, 5) is 15.2. The number of aryl methyl sites for hydroxylation is 1. The maximum absolute atomic E-state index is 12.8. The number of ketones is 1. The first-order valence-electron chi connectivity index (χ1n) is 11.1. The fourth-order valence-electron chi connectivity index (χ4n) is 4.12. The van der Waals surface area contributed by atoms with Crippen molar-refractivity contribution in [1.82, 2.24) is 9.84 Å². The Morgan fingerprint density at radius 3 is 2.55 bits per heavy atom. The quantitative estimate of drug-likeness (QED) is 0.443. The van der Waals surface area contributed by atoms with Crippen molar-refractivity contribution in [3.05, 3.63) is 59.7 Å². The van der Waals surface area contributed by atoms with Crippen LogP contribution in [0.4, 0.5) is 0 Å². The molecule has 2 aliphatic rings. The van der Waals surface area contributed by atoms with Crippen LogP contribution in [-0.4, -0.2) is 38.4 Å². The molecule has 0 aromatic heterocycles. The number of rotatable bonds is 10. The van der Waals surface area contributed by atoms with E-state index in [9.17, 15) is 13.2 Å². The standard InChI is InChI=1S/C24H30N2O4S/c1-18-6-2-3-9-23(18)31(28,29)25-26-16-4-7-21(26)8-5-17-30-22-14-12-20(13-15-22)24(27)19-10-11-19/h2-3,6,9,12-15,19,21,25H,4-5,7-8,10-11,16-17H2,1H3. The summed E-state index contributed by atoms with van der Waals surface area (Å²) in [6.45, 7) is 3.08. The van der Waals surface area contributed by atoms with Crippen LogP contribution >= 0.6 is 0 Å². The molecule has 0 amide bonds. The van der Waals surface area contributed by atoms with Gasteiger partial charge in [0.15, 0.2) is 5.78 Å². The van der Waals surface area contributed by atoms with Crippen molar-refractivity contribution in [2.24, 2.45) is 5.92 Å². The topological polar surface area (TPSA) is 75.7 Å². The van der Waals surface area contributed by atoms with E-state index in [0.29, 0.717) is 18.0 Å². The summed E-state index contributed by atoms with van der Waals surface area (Å²) < 4.78 is 31.4. The van der Waals surface area contributed by atoms with Gasteiger partial charge in [-0.1, -0.05) is 18.2 Å². The van der Waals surface area contributed by atoms with Gasteiger partial charge in [-0.15, -0.1) is 4.83 Å². The van der Waals surface area contributed by atoms with E-state index >= 15 is 0 Å². The van der Waals surface area contributed by atoms with Gasteiger partial charge in [0.1, 0.15) is 5.75 Å². The molecule has 1 aliphatic carbocycles. The van der Waals surface area contributed by atoms with Crippen molar-refractivity contribution < 1.29 is 17.9 Å². The van der Waals surface area contributed by atoms with Crippen molar-refractivity contribution >= 4 is 15.8 Å². The average molecular weight is 443 g/mol. The number of Topliss-reactive ketones (excluding diaryl/α,β-unsaturated/α-hetero) is 1. The highest BCUT2D eigenvalue weighted by Crippen LogP contribution is 2.33. The first-order valence-corrected chi connectivity index (χ1v) is 12.5. The van der Waals surface area contributed by atoms with E-state index in [0.717, 1.165) is 55.4 Å². The molecule has 1 unspecified atom stereocenters. The zero-order chi connectivity index (χ0) is 21.8. The number of hydrogen-bond donors (Lipinski definition) is 1. The first kappa shape index (κ1) is 22.0. The second-order valence-electron chi connectivity index (χ2n) is 8.50. The minimum absolute atomic E-state index is 0.168. The minimum atomic E-state index is -3.58. The lowest BCUT2D eigenvalue weighted by Crippen LogP contribution is -2.45. The molecule has 2 aromatic carbocycles. The zero-order valence-corrected chi connectivity index (χ0v) is 18.7. The number of nitrogens with one attached hydrogen (secondary N) is 1. The van der Waals surface area contributed by atoms with Crippen LogP contribution in [0.25, 0.3) is 0 Å². The second-order valence-corrected chi connectivity index (χ2v) is 10.1. The summed E-state index contributed by atoms with van der Waals surface area (Å²) in [6, 6.07) is 14.6. The number of ether oxygens (including phenoxy) is 1. The van der Waals surface area contributed by atoms with Gasteiger partial charge in [-0.05, 0) is 81.3 Å². The van der Waals surface area contributed by atoms with Crippen LogP contribution in [0.1, 0.15) is 54.4 Å². The number of hydrogen-bond acceptors (Lipinski definition) is 5. The van der Waals surface area contributed by atoms with Crippen LogP contribution in [0, 0.1) is 12.8 Å². The number of hydrazine groups is 1. The maximum atomic E-state index is 12.8. The van der Waals surface area contributed by atoms with E-state index in [2.05, 4.69) is 4.83 Å². The predicted molar refractivity (Wildman–Crippen MR) is 119 cm³/mol. The largest absolute Gasteiger partial charge is 0.494 e. The first-order chi connectivity index (χ1) is 14.9. The van der Waals surface area contributed by atoms with Crippen LogP contribution in [0.15, 0.2) is 53.4 Å². The molecule has 166 valence electrons. The molecule has 1 atom stereocenters. The van der Waals surface area contributed by atoms with Gasteiger partial charge in [0.05, 0.1) is 11.5 Å². The second kappa shape index (κ2) is 9.51. The molecular weight excluding hydrogens is 412 g/mol. The Bertz CT molecular complexity index is 1020. The van der Waals surface area contributed by atoms with E-state index in [4.69, 9.17) is 4.74 Å². The summed E-state index contributed by atoms with van der Waals surface area (Å²) in [5.74, 6) is 1.22. The van der Waals surface area contributed by atoms with Gasteiger partial charge < -0.3 is 4.74 Å². The molecule has 4 rings (SSSR count). The summed E-state index contributed by atoms with van der Waals surface area (Å²) in [5, 5.41) is 1.86. The van der Waals surface area contributed by atoms with E-state index in [1.165, 1.54) is 0 Å². The lowest BCUT2D eigenvalue weighted by Gasteiger charge is -2.25. The third-order valence-corrected chi connectivity index (χ3v) is 7.55. The molecule has 1 aliphatic heterocycles. The highest BCUT2D eigenvalue weighted by molar-refractivity contribution is 7.89. The summed E-state index contributed by atoms with van der Waals surface area (Å²) >= 11 is 0. The molecule has 1 saturated carbocycles. The third-order valence-electron chi connectivity index (χ3n) is 6.04. The smallest absolute Gasteiger partial charge is 0.253 e. The Kier molecular flexibility index (Phi) is 6.74. The average Bonchev–Trinajstić information content (AvgIpc) is 3.52. The molecular formula is C24H30N2O4S. The number of nitrogens with zero attached hydrogens (tertiary/aromatic N) is 1. The molecule has 1 heterocycles. The van der Waals surface area contributed by atoms with Gasteiger partial charge >= 0.3 is 0 Å². The molecule has 7 heteroatoms. The van der Waals surface area contributed by atoms with Crippen LogP contribution in [0.2, 0.25) is 0 Å². The van der Waals surface area contributed by atoms with Gasteiger partial charge in [-0.25, -0.2) is 13.4 Å². The van der Waals surface area contributed by atoms with Crippen molar-refractivity contribution in [2.45, 2.75) is 56.4 Å². The highest BCUT2D eigenvalue weighted by Gasteiger charge is 2.30. The van der Waals surface area contributed by atoms with E-state index in [1.54, 1.807) is 12.1 Å². The number of carbonyl (C=O) groups excluding carboxylic acids is 1. The van der Waals surface area contributed by atoms with Crippen LogP contribution < -0.4 is 9.57 Å². The Morgan fingerprint density at radius 2 is 1.84 bits per heavy atom. The zero-order valence-electron chi connectivity index (χ0n) is 17.9. The molecule has 1 saturated heterocycles. The molecule has 1 N–H and O–H groups in total. The SMILES string of the molecule is Cc1ccccc1S(=O)(=O)NN1CCCC1CCCOc1ccc(C(=O)C2CC2)cc1. The monoisotopic (exact) mass is 442 g/mol. The number of sulfonamides is 1. The number of carbonyl (C=O) groups is 1.